The largest absolute Gasteiger partial charge is 0.458 e. The van der Waals surface area contributed by atoms with Crippen molar-refractivity contribution in [3.05, 3.63) is 12.0 Å². The first-order valence-electron chi connectivity index (χ1n) is 11.9. The molecule has 0 saturated carbocycles. The molecule has 46 heavy (non-hydrogen) atoms. The lowest BCUT2D eigenvalue weighted by molar-refractivity contribution is -0.334. The molecule has 1 atom stereocenters. The van der Waals surface area contributed by atoms with Gasteiger partial charge in [-0.15, -0.1) is 0 Å². The Morgan fingerprint density at radius 2 is 1.02 bits per heavy atom. The minimum Gasteiger partial charge on any atom is -0.458 e. The quantitative estimate of drug-likeness (QED) is 0.204. The molecule has 0 spiro atoms. The van der Waals surface area contributed by atoms with Gasteiger partial charge in [0.1, 0.15) is 13.2 Å². The van der Waals surface area contributed by atoms with E-state index in [4.69, 9.17) is 9.47 Å². The Bertz CT molecular complexity index is 786. The second-order valence-corrected chi connectivity index (χ2v) is 8.11. The second-order valence-electron chi connectivity index (χ2n) is 8.11. The van der Waals surface area contributed by atoms with Crippen LogP contribution in [0.5, 0.6) is 0 Å². The van der Waals surface area contributed by atoms with E-state index in [2.05, 4.69) is 28.4 Å². The van der Waals surface area contributed by atoms with Gasteiger partial charge in [0.25, 0.3) is 5.79 Å². The Balaban J connectivity index is -0.000000153. The van der Waals surface area contributed by atoms with E-state index in [-0.39, 0.29) is 53.2 Å². The van der Waals surface area contributed by atoms with Crippen LogP contribution < -0.4 is 0 Å². The second kappa shape index (κ2) is 25.0. The third-order valence-corrected chi connectivity index (χ3v) is 4.53. The van der Waals surface area contributed by atoms with E-state index in [1.807, 2.05) is 20.8 Å². The van der Waals surface area contributed by atoms with Gasteiger partial charge < -0.3 is 37.9 Å². The van der Waals surface area contributed by atoms with Crippen LogP contribution in [0.2, 0.25) is 0 Å². The zero-order chi connectivity index (χ0) is 35.4. The molecule has 0 aromatic heterocycles. The average Bonchev–Trinajstić information content (AvgIpc) is 3.76. The van der Waals surface area contributed by atoms with Crippen LogP contribution in [0.15, 0.2) is 12.0 Å². The van der Waals surface area contributed by atoms with Gasteiger partial charge in [-0.2, -0.15) is 39.5 Å². The number of halogens is 12. The van der Waals surface area contributed by atoms with Gasteiger partial charge in [0, 0.05) is 0 Å². The van der Waals surface area contributed by atoms with Crippen molar-refractivity contribution in [1.29, 1.82) is 0 Å². The monoisotopic (exact) mass is 716 g/mol. The first kappa shape index (κ1) is 53.4. The molecule has 9 nitrogen and oxygen atoms in total. The van der Waals surface area contributed by atoms with Gasteiger partial charge in [-0.25, -0.2) is 0 Å². The SMILES string of the molecule is C.C.CC1(C(F)(F)F)OCCO1.CC1COC(C)(C)O1.CF.CF.CF.FC(F)=C1OCCO1.O=C(F)C1(C(F)(F)F)OCCO1. The zero-order valence-electron chi connectivity index (χ0n) is 24.7. The lowest BCUT2D eigenvalue weighted by atomic mass is 10.3. The van der Waals surface area contributed by atoms with Crippen molar-refractivity contribution in [3.8, 4) is 0 Å². The average molecular weight is 717 g/mol. The van der Waals surface area contributed by atoms with Crippen molar-refractivity contribution in [3.63, 3.8) is 0 Å². The number of ether oxygens (including phenoxy) is 8. The van der Waals surface area contributed by atoms with Crippen molar-refractivity contribution in [2.75, 3.05) is 67.8 Å². The van der Waals surface area contributed by atoms with Crippen LogP contribution in [0, 0.1) is 0 Å². The Labute approximate surface area is 260 Å². The minimum atomic E-state index is -5.17. The Kier molecular flexibility index (Phi) is 29.1. The normalized spacial score (nSPS) is 21.0. The maximum Gasteiger partial charge on any atom is 0.454 e. The molecule has 21 heteroatoms. The van der Waals surface area contributed by atoms with Gasteiger partial charge in [0.15, 0.2) is 5.79 Å². The summed E-state index contributed by atoms with van der Waals surface area (Å²) in [6.45, 7) is 7.05. The maximum absolute atomic E-state index is 12.0. The van der Waals surface area contributed by atoms with Gasteiger partial charge in [0.2, 0.25) is 0 Å². The Morgan fingerprint density at radius 1 is 0.652 bits per heavy atom. The predicted molar refractivity (Wildman–Crippen MR) is 139 cm³/mol. The highest BCUT2D eigenvalue weighted by Gasteiger charge is 2.66. The fourth-order valence-corrected chi connectivity index (χ4v) is 2.77. The Morgan fingerprint density at radius 3 is 1.17 bits per heavy atom. The molecule has 1 unspecified atom stereocenters. The lowest BCUT2D eigenvalue weighted by Crippen LogP contribution is -2.51. The van der Waals surface area contributed by atoms with Gasteiger partial charge in [-0.3, -0.25) is 18.0 Å². The fourth-order valence-electron chi connectivity index (χ4n) is 2.77. The van der Waals surface area contributed by atoms with Gasteiger partial charge in [0.05, 0.1) is 60.7 Å². The van der Waals surface area contributed by atoms with E-state index in [1.54, 1.807) is 0 Å². The molecule has 4 fully saturated rings. The van der Waals surface area contributed by atoms with Gasteiger partial charge in [-0.05, 0) is 27.7 Å². The molecule has 4 aliphatic heterocycles. The number of hydrogen-bond donors (Lipinski definition) is 0. The maximum atomic E-state index is 12.0. The summed E-state index contributed by atoms with van der Waals surface area (Å²) < 4.78 is 170. The molecular weight excluding hydrogens is 672 g/mol. The standard InChI is InChI=1S/C6H12O2.C5H4F4O3.C5H7F3O2.C4H4F2O2.3CH3F.2CH4/c1-5-4-7-6(2,3)8-5;6-3(10)4(5(7,8)9)11-1-2-12-4;1-4(5(6,7)8)9-2-3-10-4;5-3(6)4-7-1-2-8-4;3*1-2;;/h5H,4H2,1-3H3;1-2H2;2-3H2,1H3;1-2H2;3*1H3;2*1H4. The molecule has 4 heterocycles. The molecule has 0 radical (unpaired) electrons. The first-order chi connectivity index (χ1) is 20.3. The molecule has 0 N–H and O–H groups in total. The van der Waals surface area contributed by atoms with E-state index in [9.17, 15) is 57.5 Å². The summed E-state index contributed by atoms with van der Waals surface area (Å²) in [5.41, 5.74) is 0. The summed E-state index contributed by atoms with van der Waals surface area (Å²) in [6.07, 6.45) is -11.2. The van der Waals surface area contributed by atoms with Crippen LogP contribution in [0.4, 0.5) is 52.7 Å². The van der Waals surface area contributed by atoms with Crippen LogP contribution in [0.1, 0.15) is 42.5 Å². The summed E-state index contributed by atoms with van der Waals surface area (Å²) in [6, 6.07) is -2.67. The van der Waals surface area contributed by atoms with Crippen molar-refractivity contribution in [2.45, 2.75) is 78.4 Å². The molecule has 0 bridgehead atoms. The lowest BCUT2D eigenvalue weighted by Gasteiger charge is -2.24. The third kappa shape index (κ3) is 18.3. The predicted octanol–water partition coefficient (Wildman–Crippen LogP) is 7.39. The van der Waals surface area contributed by atoms with Crippen LogP contribution in [0.25, 0.3) is 0 Å². The summed E-state index contributed by atoms with van der Waals surface area (Å²) in [7, 11) is 1.50. The zero-order valence-corrected chi connectivity index (χ0v) is 24.7. The molecule has 4 rings (SSSR count). The molecular formula is C25H44F12O9. The summed E-state index contributed by atoms with van der Waals surface area (Å²) in [4.78, 5) is 9.98. The first-order valence-corrected chi connectivity index (χ1v) is 11.9. The summed E-state index contributed by atoms with van der Waals surface area (Å²) in [5.74, 6) is -7.00. The molecule has 0 amide bonds. The van der Waals surface area contributed by atoms with E-state index >= 15 is 0 Å². The number of carbonyl (C=O) groups is 1. The highest BCUT2D eigenvalue weighted by atomic mass is 19.4. The van der Waals surface area contributed by atoms with E-state index in [1.165, 1.54) is 0 Å². The summed E-state index contributed by atoms with van der Waals surface area (Å²) in [5, 5.41) is 0. The molecule has 4 aliphatic rings. The van der Waals surface area contributed by atoms with Crippen LogP contribution in [0.3, 0.4) is 0 Å². The number of hydrogen-bond acceptors (Lipinski definition) is 9. The van der Waals surface area contributed by atoms with E-state index in [0.717, 1.165) is 13.5 Å². The van der Waals surface area contributed by atoms with Gasteiger partial charge >= 0.3 is 36.2 Å². The minimum absolute atomic E-state index is 0. The topological polar surface area (TPSA) is 90.9 Å². The fraction of sp³-hybridized carbons (Fsp3) is 0.880. The van der Waals surface area contributed by atoms with Crippen molar-refractivity contribution < 1.29 is 95.4 Å². The highest BCUT2D eigenvalue weighted by Crippen LogP contribution is 2.39. The number of rotatable bonds is 1. The number of alkyl halides is 9. The van der Waals surface area contributed by atoms with Crippen LogP contribution >= 0.6 is 0 Å². The molecule has 282 valence electrons. The summed E-state index contributed by atoms with van der Waals surface area (Å²) >= 11 is 0. The molecule has 0 aromatic rings. The van der Waals surface area contributed by atoms with E-state index < -0.39 is 55.2 Å². The van der Waals surface area contributed by atoms with Gasteiger partial charge in [-0.1, -0.05) is 14.9 Å². The van der Waals surface area contributed by atoms with Crippen molar-refractivity contribution in [2.24, 2.45) is 0 Å². The Hall–Kier alpha value is -2.07. The van der Waals surface area contributed by atoms with Crippen molar-refractivity contribution >= 4 is 6.04 Å². The highest BCUT2D eigenvalue weighted by molar-refractivity contribution is 5.78. The van der Waals surface area contributed by atoms with Crippen LogP contribution in [-0.4, -0.2) is 110 Å². The number of carbonyl (C=O) groups excluding carboxylic acids is 1. The molecule has 4 saturated heterocycles. The smallest absolute Gasteiger partial charge is 0.454 e. The van der Waals surface area contributed by atoms with E-state index in [0.29, 0.717) is 21.5 Å². The third-order valence-electron chi connectivity index (χ3n) is 4.53. The molecule has 0 aromatic carbocycles. The molecule has 0 aliphatic carbocycles. The van der Waals surface area contributed by atoms with Crippen LogP contribution in [-0.2, 0) is 42.7 Å². The van der Waals surface area contributed by atoms with Crippen molar-refractivity contribution in [1.82, 2.24) is 0 Å².